The van der Waals surface area contributed by atoms with Gasteiger partial charge in [0.25, 0.3) is 0 Å². The molecular formula is C8H21N3O2P+. The Morgan fingerprint density at radius 2 is 1.36 bits per heavy atom. The van der Waals surface area contributed by atoms with Crippen LogP contribution in [0.2, 0.25) is 0 Å². The van der Waals surface area contributed by atoms with Crippen molar-refractivity contribution in [3.8, 4) is 0 Å². The zero-order chi connectivity index (χ0) is 11.4. The molecule has 0 atom stereocenters. The van der Waals surface area contributed by atoms with Gasteiger partial charge in [-0.3, -0.25) is 0 Å². The van der Waals surface area contributed by atoms with Gasteiger partial charge < -0.3 is 9.80 Å². The maximum atomic E-state index is 5.27. The number of hydrogen-bond donors (Lipinski definition) is 0. The summed E-state index contributed by atoms with van der Waals surface area (Å²) in [6.07, 6.45) is 0. The summed E-state index contributed by atoms with van der Waals surface area (Å²) in [7, 11) is 8.90. The van der Waals surface area contributed by atoms with Gasteiger partial charge in [-0.05, 0) is 4.76 Å². The van der Waals surface area contributed by atoms with E-state index in [2.05, 4.69) is 4.76 Å². The fourth-order valence-electron chi connectivity index (χ4n) is 0.898. The van der Waals surface area contributed by atoms with Crippen LogP contribution in [0.4, 0.5) is 0 Å². The second-order valence-electron chi connectivity index (χ2n) is 3.36. The highest BCUT2D eigenvalue weighted by atomic mass is 31.2. The largest absolute Gasteiger partial charge is 0.394 e. The first-order valence-corrected chi connectivity index (χ1v) is 6.31. The first-order chi connectivity index (χ1) is 6.36. The fourth-order valence-corrected chi connectivity index (χ4v) is 1.89. The molecule has 6 heteroatoms. The van der Waals surface area contributed by atoms with Gasteiger partial charge in [0, 0.05) is 28.2 Å². The van der Waals surface area contributed by atoms with E-state index < -0.39 is 7.87 Å². The molecule has 0 saturated carbocycles. The smallest absolute Gasteiger partial charge is 0.346 e. The van der Waals surface area contributed by atoms with Gasteiger partial charge in [0.1, 0.15) is 6.66 Å². The number of hydrogen-bond acceptors (Lipinski definition) is 3. The summed E-state index contributed by atoms with van der Waals surface area (Å²) in [5.41, 5.74) is 0. The van der Waals surface area contributed by atoms with Gasteiger partial charge in [-0.15, -0.1) is 0 Å². The summed E-state index contributed by atoms with van der Waals surface area (Å²) in [5.74, 6) is 0.838. The molecule has 5 nitrogen and oxygen atoms in total. The lowest BCUT2D eigenvalue weighted by atomic mass is 10.7. The standard InChI is InChI=1S/C8H21N3O2P/c1-10(2)8(11(3)4)9-14(7,12-5)13-6/h1-7H3/q+1. The summed E-state index contributed by atoms with van der Waals surface area (Å²) < 4.78 is 15.0. The molecule has 0 unspecified atom stereocenters. The monoisotopic (exact) mass is 222 g/mol. The van der Waals surface area contributed by atoms with Gasteiger partial charge in [-0.1, -0.05) is 0 Å². The van der Waals surface area contributed by atoms with Crippen LogP contribution in [0.1, 0.15) is 0 Å². The third-order valence-corrected chi connectivity index (χ3v) is 3.65. The quantitative estimate of drug-likeness (QED) is 0.408. The molecule has 0 aromatic carbocycles. The van der Waals surface area contributed by atoms with Gasteiger partial charge in [-0.2, -0.15) is 9.05 Å². The maximum Gasteiger partial charge on any atom is 0.394 e. The van der Waals surface area contributed by atoms with Crippen molar-refractivity contribution in [1.82, 2.24) is 9.80 Å². The third kappa shape index (κ3) is 3.78. The Morgan fingerprint density at radius 3 is 1.57 bits per heavy atom. The molecule has 0 aliphatic heterocycles. The van der Waals surface area contributed by atoms with Crippen LogP contribution in [0.15, 0.2) is 4.76 Å². The minimum Gasteiger partial charge on any atom is -0.346 e. The maximum absolute atomic E-state index is 5.27. The molecule has 14 heavy (non-hydrogen) atoms. The molecule has 0 aromatic rings. The average Bonchev–Trinajstić information content (AvgIpc) is 2.13. The Morgan fingerprint density at radius 1 is 1.00 bits per heavy atom. The zero-order valence-electron chi connectivity index (χ0n) is 10.1. The van der Waals surface area contributed by atoms with Crippen LogP contribution in [-0.2, 0) is 9.05 Å². The average molecular weight is 222 g/mol. The van der Waals surface area contributed by atoms with Crippen LogP contribution in [0, 0.1) is 0 Å². The fraction of sp³-hybridized carbons (Fsp3) is 0.875. The van der Waals surface area contributed by atoms with Crippen molar-refractivity contribution in [1.29, 1.82) is 0 Å². The summed E-state index contributed by atoms with van der Waals surface area (Å²) in [6.45, 7) is 1.88. The van der Waals surface area contributed by atoms with Gasteiger partial charge in [0.15, 0.2) is 0 Å². The van der Waals surface area contributed by atoms with E-state index in [1.807, 2.05) is 44.7 Å². The molecule has 0 spiro atoms. The summed E-state index contributed by atoms with van der Waals surface area (Å²) in [6, 6.07) is 0. The highest BCUT2D eigenvalue weighted by molar-refractivity contribution is 7.64. The molecule has 0 bridgehead atoms. The molecule has 0 N–H and O–H groups in total. The molecule has 0 aliphatic rings. The topological polar surface area (TPSA) is 37.3 Å². The molecule has 84 valence electrons. The van der Waals surface area contributed by atoms with Crippen molar-refractivity contribution in [2.45, 2.75) is 0 Å². The molecule has 0 heterocycles. The van der Waals surface area contributed by atoms with Crippen LogP contribution < -0.4 is 0 Å². The van der Waals surface area contributed by atoms with E-state index in [0.29, 0.717) is 0 Å². The highest BCUT2D eigenvalue weighted by Crippen LogP contribution is 2.57. The Bertz CT molecular complexity index is 193. The zero-order valence-corrected chi connectivity index (χ0v) is 11.0. The Labute approximate surface area is 87.3 Å². The predicted molar refractivity (Wildman–Crippen MR) is 61.7 cm³/mol. The van der Waals surface area contributed by atoms with Gasteiger partial charge in [0.05, 0.1) is 14.2 Å². The third-order valence-electron chi connectivity index (χ3n) is 1.75. The Hall–Kier alpha value is -0.380. The van der Waals surface area contributed by atoms with Crippen LogP contribution in [-0.4, -0.2) is 64.8 Å². The summed E-state index contributed by atoms with van der Waals surface area (Å²) in [5, 5.41) is 0. The van der Waals surface area contributed by atoms with Crippen molar-refractivity contribution < 1.29 is 9.05 Å². The van der Waals surface area contributed by atoms with Crippen LogP contribution >= 0.6 is 7.87 Å². The second kappa shape index (κ2) is 5.49. The molecule has 0 fully saturated rings. The molecule has 0 radical (unpaired) electrons. The predicted octanol–water partition coefficient (Wildman–Crippen LogP) is 1.15. The van der Waals surface area contributed by atoms with Gasteiger partial charge in [0.2, 0.25) is 5.96 Å². The SMILES string of the molecule is CO[P+](C)(N=C(N(C)C)N(C)C)OC. The first kappa shape index (κ1) is 13.6. The van der Waals surface area contributed by atoms with E-state index in [9.17, 15) is 0 Å². The van der Waals surface area contributed by atoms with E-state index in [1.165, 1.54) is 0 Å². The second-order valence-corrected chi connectivity index (χ2v) is 5.89. The van der Waals surface area contributed by atoms with Gasteiger partial charge >= 0.3 is 7.87 Å². The lowest BCUT2D eigenvalue weighted by Crippen LogP contribution is -2.35. The minimum absolute atomic E-state index is 0.838. The van der Waals surface area contributed by atoms with E-state index in [-0.39, 0.29) is 0 Å². The molecule has 0 saturated heterocycles. The van der Waals surface area contributed by atoms with Gasteiger partial charge in [-0.25, -0.2) is 0 Å². The van der Waals surface area contributed by atoms with Crippen molar-refractivity contribution in [2.75, 3.05) is 49.1 Å². The van der Waals surface area contributed by atoms with E-state index in [1.54, 1.807) is 14.2 Å². The lowest BCUT2D eigenvalue weighted by Gasteiger charge is -2.22. The summed E-state index contributed by atoms with van der Waals surface area (Å²) in [4.78, 5) is 3.85. The van der Waals surface area contributed by atoms with E-state index in [4.69, 9.17) is 9.05 Å². The molecule has 0 rings (SSSR count). The number of nitrogens with zero attached hydrogens (tertiary/aromatic N) is 3. The van der Waals surface area contributed by atoms with Crippen LogP contribution in [0.5, 0.6) is 0 Å². The Kier molecular flexibility index (Phi) is 5.34. The molecule has 0 amide bonds. The van der Waals surface area contributed by atoms with E-state index in [0.717, 1.165) is 5.96 Å². The number of guanidine groups is 1. The first-order valence-electron chi connectivity index (χ1n) is 4.29. The molecule has 0 aromatic heterocycles. The van der Waals surface area contributed by atoms with Crippen molar-refractivity contribution >= 4 is 13.8 Å². The van der Waals surface area contributed by atoms with Crippen molar-refractivity contribution in [3.05, 3.63) is 0 Å². The summed E-state index contributed by atoms with van der Waals surface area (Å²) >= 11 is 0. The lowest BCUT2D eigenvalue weighted by molar-refractivity contribution is 0.321. The van der Waals surface area contributed by atoms with Crippen molar-refractivity contribution in [2.24, 2.45) is 4.76 Å². The normalized spacial score (nSPS) is 11.1. The Balaban J connectivity index is 4.88. The highest BCUT2D eigenvalue weighted by Gasteiger charge is 2.35. The molecular weight excluding hydrogens is 201 g/mol. The van der Waals surface area contributed by atoms with Crippen molar-refractivity contribution in [3.63, 3.8) is 0 Å². The van der Waals surface area contributed by atoms with E-state index >= 15 is 0 Å². The molecule has 0 aliphatic carbocycles. The van der Waals surface area contributed by atoms with Crippen LogP contribution in [0.3, 0.4) is 0 Å². The number of rotatable bonds is 3. The minimum atomic E-state index is -2.09. The van der Waals surface area contributed by atoms with Crippen LogP contribution in [0.25, 0.3) is 0 Å².